The Morgan fingerprint density at radius 2 is 2.06 bits per heavy atom. The van der Waals surface area contributed by atoms with Crippen LogP contribution >= 0.6 is 0 Å². The van der Waals surface area contributed by atoms with Gasteiger partial charge in [0.05, 0.1) is 19.3 Å². The van der Waals surface area contributed by atoms with Crippen molar-refractivity contribution in [3.8, 4) is 0 Å². The normalized spacial score (nSPS) is 21.7. The Kier molecular flexibility index (Phi) is 5.12. The molecular weight excluding hydrogens is 220 g/mol. The Bertz CT molecular complexity index is 283. The van der Waals surface area contributed by atoms with Crippen molar-refractivity contribution in [3.63, 3.8) is 0 Å². The first kappa shape index (κ1) is 14.2. The van der Waals surface area contributed by atoms with E-state index < -0.39 is 5.41 Å². The average Bonchev–Trinajstić information content (AvgIpc) is 3.07. The summed E-state index contributed by atoms with van der Waals surface area (Å²) in [4.78, 5) is 24.0. The van der Waals surface area contributed by atoms with Crippen LogP contribution in [0.3, 0.4) is 0 Å². The number of unbranched alkanes of at least 4 members (excludes halogenated alkanes) is 1. The number of hydrogen-bond donors (Lipinski definition) is 0. The number of ether oxygens (including phenoxy) is 2. The highest BCUT2D eigenvalue weighted by molar-refractivity contribution is 6.02. The molecule has 1 rings (SSSR count). The first-order valence-electron chi connectivity index (χ1n) is 6.36. The second kappa shape index (κ2) is 6.15. The van der Waals surface area contributed by atoms with E-state index in [1.54, 1.807) is 6.92 Å². The quantitative estimate of drug-likeness (QED) is 0.371. The molecule has 0 amide bonds. The Labute approximate surface area is 103 Å². The molecule has 4 heteroatoms. The highest BCUT2D eigenvalue weighted by Gasteiger charge is 2.48. The summed E-state index contributed by atoms with van der Waals surface area (Å²) in [6.45, 7) is 6.25. The van der Waals surface area contributed by atoms with E-state index >= 15 is 0 Å². The summed E-state index contributed by atoms with van der Waals surface area (Å²) in [5.74, 6) is -0.476. The van der Waals surface area contributed by atoms with E-state index in [0.29, 0.717) is 26.1 Å². The van der Waals surface area contributed by atoms with Crippen LogP contribution in [0, 0.1) is 5.41 Å². The van der Waals surface area contributed by atoms with E-state index in [2.05, 4.69) is 0 Å². The summed E-state index contributed by atoms with van der Waals surface area (Å²) >= 11 is 0. The fourth-order valence-corrected chi connectivity index (χ4v) is 2.07. The molecule has 1 fully saturated rings. The van der Waals surface area contributed by atoms with Crippen LogP contribution in [0.4, 0.5) is 0 Å². The second-order valence-electron chi connectivity index (χ2n) is 4.62. The molecule has 0 aromatic rings. The molecule has 1 aliphatic rings. The number of esters is 1. The van der Waals surface area contributed by atoms with Crippen LogP contribution in [-0.4, -0.2) is 31.1 Å². The zero-order valence-electron chi connectivity index (χ0n) is 11.0. The van der Waals surface area contributed by atoms with Gasteiger partial charge in [0, 0.05) is 0 Å². The molecule has 0 N–H and O–H groups in total. The highest BCUT2D eigenvalue weighted by Crippen LogP contribution is 2.37. The van der Waals surface area contributed by atoms with Crippen LogP contribution in [0.1, 0.15) is 46.5 Å². The van der Waals surface area contributed by atoms with Gasteiger partial charge in [0.25, 0.3) is 0 Å². The number of rotatable bonds is 8. The SMILES string of the molecule is CCCCC(CC1CO1)(C(C)=O)C(=O)OCC. The number of Topliss-reactive ketones (excluding diaryl/α,β-unsaturated/α-hetero) is 1. The molecule has 0 aromatic carbocycles. The predicted octanol–water partition coefficient (Wildman–Crippen LogP) is 2.10. The van der Waals surface area contributed by atoms with E-state index in [9.17, 15) is 9.59 Å². The summed E-state index contributed by atoms with van der Waals surface area (Å²) in [5, 5.41) is 0. The van der Waals surface area contributed by atoms with Gasteiger partial charge in [0.2, 0.25) is 0 Å². The summed E-state index contributed by atoms with van der Waals surface area (Å²) in [6.07, 6.45) is 2.91. The molecule has 0 spiro atoms. The molecule has 2 atom stereocenters. The fraction of sp³-hybridized carbons (Fsp3) is 0.846. The van der Waals surface area contributed by atoms with Crippen molar-refractivity contribution in [1.29, 1.82) is 0 Å². The third-order valence-electron chi connectivity index (χ3n) is 3.28. The van der Waals surface area contributed by atoms with Crippen LogP contribution in [0.15, 0.2) is 0 Å². The fourth-order valence-electron chi connectivity index (χ4n) is 2.07. The Hall–Kier alpha value is -0.900. The van der Waals surface area contributed by atoms with Crippen LogP contribution in [0.25, 0.3) is 0 Å². The van der Waals surface area contributed by atoms with Gasteiger partial charge in [0.1, 0.15) is 11.2 Å². The van der Waals surface area contributed by atoms with Crippen LogP contribution in [0.2, 0.25) is 0 Å². The van der Waals surface area contributed by atoms with Crippen molar-refractivity contribution >= 4 is 11.8 Å². The van der Waals surface area contributed by atoms with Crippen LogP contribution < -0.4 is 0 Å². The lowest BCUT2D eigenvalue weighted by atomic mass is 9.75. The van der Waals surface area contributed by atoms with Crippen molar-refractivity contribution in [2.24, 2.45) is 5.41 Å². The van der Waals surface area contributed by atoms with Crippen molar-refractivity contribution in [1.82, 2.24) is 0 Å². The molecule has 0 aliphatic carbocycles. The van der Waals surface area contributed by atoms with Crippen molar-refractivity contribution in [3.05, 3.63) is 0 Å². The van der Waals surface area contributed by atoms with E-state index in [1.165, 1.54) is 6.92 Å². The molecule has 1 saturated heterocycles. The lowest BCUT2D eigenvalue weighted by Crippen LogP contribution is -2.41. The van der Waals surface area contributed by atoms with Gasteiger partial charge in [-0.1, -0.05) is 19.8 Å². The summed E-state index contributed by atoms with van der Waals surface area (Å²) in [5.41, 5.74) is -0.979. The molecule has 2 unspecified atom stereocenters. The van der Waals surface area contributed by atoms with Gasteiger partial charge >= 0.3 is 5.97 Å². The number of carbonyl (C=O) groups excluding carboxylic acids is 2. The average molecular weight is 242 g/mol. The minimum Gasteiger partial charge on any atom is -0.465 e. The molecular formula is C13H22O4. The first-order chi connectivity index (χ1) is 8.06. The minimum atomic E-state index is -0.979. The molecule has 98 valence electrons. The van der Waals surface area contributed by atoms with Crippen molar-refractivity contribution in [2.75, 3.05) is 13.2 Å². The lowest BCUT2D eigenvalue weighted by Gasteiger charge is -2.28. The zero-order chi connectivity index (χ0) is 12.9. The topological polar surface area (TPSA) is 55.9 Å². The van der Waals surface area contributed by atoms with Gasteiger partial charge in [-0.05, 0) is 26.7 Å². The third kappa shape index (κ3) is 3.53. The first-order valence-corrected chi connectivity index (χ1v) is 6.36. The summed E-state index contributed by atoms with van der Waals surface area (Å²) in [7, 11) is 0. The van der Waals surface area contributed by atoms with Gasteiger partial charge in [-0.2, -0.15) is 0 Å². The molecule has 4 nitrogen and oxygen atoms in total. The maximum absolute atomic E-state index is 12.1. The van der Waals surface area contributed by atoms with Gasteiger partial charge in [-0.3, -0.25) is 9.59 Å². The summed E-state index contributed by atoms with van der Waals surface area (Å²) < 4.78 is 10.2. The monoisotopic (exact) mass is 242 g/mol. The molecule has 17 heavy (non-hydrogen) atoms. The van der Waals surface area contributed by atoms with E-state index in [1.807, 2.05) is 6.92 Å². The molecule has 0 saturated carbocycles. The van der Waals surface area contributed by atoms with Crippen molar-refractivity contribution in [2.45, 2.75) is 52.6 Å². The molecule has 1 heterocycles. The maximum Gasteiger partial charge on any atom is 0.319 e. The largest absolute Gasteiger partial charge is 0.465 e. The van der Waals surface area contributed by atoms with Crippen LogP contribution in [-0.2, 0) is 19.1 Å². The minimum absolute atomic E-state index is 0.0557. The van der Waals surface area contributed by atoms with Gasteiger partial charge in [-0.25, -0.2) is 0 Å². The van der Waals surface area contributed by atoms with Gasteiger partial charge in [-0.15, -0.1) is 0 Å². The number of carbonyl (C=O) groups is 2. The standard InChI is InChI=1S/C13H22O4/c1-4-6-7-13(10(3)14,8-11-9-17-11)12(15)16-5-2/h11H,4-9H2,1-3H3. The van der Waals surface area contributed by atoms with E-state index in [4.69, 9.17) is 9.47 Å². The number of ketones is 1. The molecule has 0 radical (unpaired) electrons. The van der Waals surface area contributed by atoms with Gasteiger partial charge < -0.3 is 9.47 Å². The zero-order valence-corrected chi connectivity index (χ0v) is 11.0. The van der Waals surface area contributed by atoms with Crippen molar-refractivity contribution < 1.29 is 19.1 Å². The maximum atomic E-state index is 12.1. The second-order valence-corrected chi connectivity index (χ2v) is 4.62. The highest BCUT2D eigenvalue weighted by atomic mass is 16.6. The Morgan fingerprint density at radius 3 is 2.47 bits per heavy atom. The number of epoxide rings is 1. The molecule has 0 aromatic heterocycles. The lowest BCUT2D eigenvalue weighted by molar-refractivity contribution is -0.161. The molecule has 1 aliphatic heterocycles. The Balaban J connectivity index is 2.82. The smallest absolute Gasteiger partial charge is 0.319 e. The van der Waals surface area contributed by atoms with E-state index in [-0.39, 0.29) is 17.9 Å². The third-order valence-corrected chi connectivity index (χ3v) is 3.28. The molecule has 0 bridgehead atoms. The Morgan fingerprint density at radius 1 is 1.41 bits per heavy atom. The van der Waals surface area contributed by atoms with Crippen LogP contribution in [0.5, 0.6) is 0 Å². The summed E-state index contributed by atoms with van der Waals surface area (Å²) in [6, 6.07) is 0. The number of hydrogen-bond acceptors (Lipinski definition) is 4. The van der Waals surface area contributed by atoms with Gasteiger partial charge in [0.15, 0.2) is 0 Å². The predicted molar refractivity (Wildman–Crippen MR) is 63.6 cm³/mol. The van der Waals surface area contributed by atoms with E-state index in [0.717, 1.165) is 12.8 Å².